The van der Waals surface area contributed by atoms with E-state index in [4.69, 9.17) is 4.74 Å². The van der Waals surface area contributed by atoms with Crippen molar-refractivity contribution in [3.8, 4) is 11.8 Å². The molecule has 1 rings (SSSR count). The molecule has 0 aromatic heterocycles. The molecule has 1 fully saturated rings. The molecule has 0 saturated heterocycles. The number of hydrogen-bond donors (Lipinski definition) is 0. The second-order valence-corrected chi connectivity index (χ2v) is 5.07. The molecule has 100 valence electrons. The average Bonchev–Trinajstić information content (AvgIpc) is 2.65. The van der Waals surface area contributed by atoms with E-state index in [0.29, 0.717) is 18.8 Å². The van der Waals surface area contributed by atoms with E-state index in [1.807, 2.05) is 0 Å². The van der Waals surface area contributed by atoms with E-state index < -0.39 is 5.97 Å². The number of carbonyl (C=O) groups excluding carboxylic acids is 2. The molecule has 0 N–H and O–H groups in total. The molecule has 0 aliphatic heterocycles. The van der Waals surface area contributed by atoms with Crippen LogP contribution in [0.25, 0.3) is 0 Å². The van der Waals surface area contributed by atoms with Gasteiger partial charge in [-0.3, -0.25) is 4.79 Å². The van der Waals surface area contributed by atoms with Crippen molar-refractivity contribution in [2.75, 3.05) is 6.61 Å². The van der Waals surface area contributed by atoms with Gasteiger partial charge in [-0.05, 0) is 32.6 Å². The van der Waals surface area contributed by atoms with E-state index in [1.54, 1.807) is 6.92 Å². The summed E-state index contributed by atoms with van der Waals surface area (Å²) in [4.78, 5) is 22.6. The largest absolute Gasteiger partial charge is 0.456 e. The number of Topliss-reactive ketones (excluding diaryl/α,β-unsaturated/α-hetero) is 1. The van der Waals surface area contributed by atoms with Crippen molar-refractivity contribution in [1.29, 1.82) is 0 Å². The lowest BCUT2D eigenvalue weighted by atomic mass is 9.82. The summed E-state index contributed by atoms with van der Waals surface area (Å²) in [7, 11) is 0. The quantitative estimate of drug-likeness (QED) is 0.326. The van der Waals surface area contributed by atoms with Crippen molar-refractivity contribution in [3.05, 3.63) is 0 Å². The van der Waals surface area contributed by atoms with Crippen LogP contribution in [-0.4, -0.2) is 18.4 Å². The molecule has 18 heavy (non-hydrogen) atoms. The van der Waals surface area contributed by atoms with Crippen molar-refractivity contribution in [1.82, 2.24) is 0 Å². The minimum absolute atomic E-state index is 0.0887. The van der Waals surface area contributed by atoms with Crippen LogP contribution in [0.15, 0.2) is 0 Å². The minimum atomic E-state index is -0.449. The number of hydrogen-bond acceptors (Lipinski definition) is 3. The molecule has 0 amide bonds. The molecule has 0 aromatic carbocycles. The number of unbranched alkanes of at least 4 members (excludes halogenated alkanes) is 2. The Bertz CT molecular complexity index is 362. The number of carbonyl (C=O) groups is 2. The van der Waals surface area contributed by atoms with Gasteiger partial charge in [0.15, 0.2) is 0 Å². The van der Waals surface area contributed by atoms with Crippen LogP contribution in [0.4, 0.5) is 0 Å². The van der Waals surface area contributed by atoms with Crippen molar-refractivity contribution in [3.63, 3.8) is 0 Å². The Morgan fingerprint density at radius 3 is 2.83 bits per heavy atom. The number of ether oxygens (including phenoxy) is 1. The number of esters is 1. The monoisotopic (exact) mass is 250 g/mol. The molecule has 0 bridgehead atoms. The van der Waals surface area contributed by atoms with Crippen molar-refractivity contribution in [2.24, 2.45) is 5.41 Å². The standard InChI is InChI=1S/C15H22O3/c1-3-18-14(17)10-6-4-5-7-11-15(2)12-8-9-13(15)16/h3-5,7-9,11-12H2,1-2H3/t15-/m1/s1. The lowest BCUT2D eigenvalue weighted by molar-refractivity contribution is -0.136. The van der Waals surface area contributed by atoms with Crippen LogP contribution in [0.1, 0.15) is 58.8 Å². The van der Waals surface area contributed by atoms with Gasteiger partial charge in [0.25, 0.3) is 0 Å². The summed E-state index contributed by atoms with van der Waals surface area (Å²) in [5.74, 6) is 5.23. The minimum Gasteiger partial charge on any atom is -0.456 e. The van der Waals surface area contributed by atoms with E-state index in [1.165, 1.54) is 0 Å². The molecule has 0 aromatic rings. The molecule has 3 nitrogen and oxygen atoms in total. The molecule has 1 aliphatic carbocycles. The lowest BCUT2D eigenvalue weighted by Gasteiger charge is -2.21. The van der Waals surface area contributed by atoms with Gasteiger partial charge in [-0.15, -0.1) is 0 Å². The maximum Gasteiger partial charge on any atom is 0.384 e. The summed E-state index contributed by atoms with van der Waals surface area (Å²) < 4.78 is 4.70. The Balaban J connectivity index is 2.15. The van der Waals surface area contributed by atoms with E-state index in [2.05, 4.69) is 18.8 Å². The summed E-state index contributed by atoms with van der Waals surface area (Å²) in [6, 6.07) is 0. The highest BCUT2D eigenvalue weighted by Crippen LogP contribution is 2.38. The van der Waals surface area contributed by atoms with Crippen molar-refractivity contribution in [2.45, 2.75) is 58.8 Å². The first-order valence-electron chi connectivity index (χ1n) is 6.77. The third kappa shape index (κ3) is 4.52. The van der Waals surface area contributed by atoms with Gasteiger partial charge >= 0.3 is 5.97 Å². The zero-order valence-electron chi connectivity index (χ0n) is 11.4. The van der Waals surface area contributed by atoms with E-state index in [9.17, 15) is 9.59 Å². The van der Waals surface area contributed by atoms with Crippen molar-refractivity contribution >= 4 is 11.8 Å². The Hall–Kier alpha value is -1.30. The van der Waals surface area contributed by atoms with Crippen LogP contribution in [0, 0.1) is 17.3 Å². The molecule has 3 heteroatoms. The highest BCUT2D eigenvalue weighted by atomic mass is 16.5. The van der Waals surface area contributed by atoms with Gasteiger partial charge in [0.05, 0.1) is 6.61 Å². The summed E-state index contributed by atoms with van der Waals surface area (Å²) in [5, 5.41) is 0. The number of ketones is 1. The maximum absolute atomic E-state index is 11.7. The predicted octanol–water partition coefficient (Wildman–Crippen LogP) is 2.87. The smallest absolute Gasteiger partial charge is 0.384 e. The molecule has 1 atom stereocenters. The second kappa shape index (κ2) is 7.20. The molecule has 0 heterocycles. The van der Waals surface area contributed by atoms with Crippen LogP contribution >= 0.6 is 0 Å². The third-order valence-corrected chi connectivity index (χ3v) is 3.55. The highest BCUT2D eigenvalue weighted by molar-refractivity contribution is 5.88. The molecular formula is C15H22O3. The van der Waals surface area contributed by atoms with Crippen LogP contribution in [0.2, 0.25) is 0 Å². The summed E-state index contributed by atoms with van der Waals surface area (Å²) in [5.41, 5.74) is -0.0887. The fraction of sp³-hybridized carbons (Fsp3) is 0.733. The van der Waals surface area contributed by atoms with Crippen LogP contribution < -0.4 is 0 Å². The first kappa shape index (κ1) is 14.8. The normalized spacial score (nSPS) is 22.4. The molecule has 0 radical (unpaired) electrons. The molecule has 1 aliphatic rings. The first-order valence-corrected chi connectivity index (χ1v) is 6.77. The molecular weight excluding hydrogens is 228 g/mol. The molecule has 1 saturated carbocycles. The summed E-state index contributed by atoms with van der Waals surface area (Å²) in [6.07, 6.45) is 6.41. The van der Waals surface area contributed by atoms with E-state index >= 15 is 0 Å². The van der Waals surface area contributed by atoms with Gasteiger partial charge < -0.3 is 4.74 Å². The van der Waals surface area contributed by atoms with Gasteiger partial charge in [0.1, 0.15) is 5.78 Å². The Labute approximate surface area is 109 Å². The van der Waals surface area contributed by atoms with Crippen LogP contribution in [-0.2, 0) is 14.3 Å². The SMILES string of the molecule is CCOC(=O)C#CCCCC[C@]1(C)CCCC1=O. The third-order valence-electron chi connectivity index (χ3n) is 3.55. The average molecular weight is 250 g/mol. The van der Waals surface area contributed by atoms with E-state index in [0.717, 1.165) is 38.5 Å². The van der Waals surface area contributed by atoms with Gasteiger partial charge in [-0.25, -0.2) is 4.79 Å². The van der Waals surface area contributed by atoms with Gasteiger partial charge in [0, 0.05) is 24.2 Å². The summed E-state index contributed by atoms with van der Waals surface area (Å²) in [6.45, 7) is 4.21. The van der Waals surface area contributed by atoms with Gasteiger partial charge in [-0.1, -0.05) is 19.3 Å². The Morgan fingerprint density at radius 2 is 2.22 bits per heavy atom. The van der Waals surface area contributed by atoms with Crippen LogP contribution in [0.5, 0.6) is 0 Å². The number of rotatable bonds is 5. The first-order chi connectivity index (χ1) is 8.58. The topological polar surface area (TPSA) is 43.4 Å². The lowest BCUT2D eigenvalue weighted by Crippen LogP contribution is -2.21. The fourth-order valence-electron chi connectivity index (χ4n) is 2.38. The highest BCUT2D eigenvalue weighted by Gasteiger charge is 2.36. The molecule has 0 spiro atoms. The Kier molecular flexibility index (Phi) is 5.91. The van der Waals surface area contributed by atoms with Gasteiger partial charge in [0.2, 0.25) is 0 Å². The Morgan fingerprint density at radius 1 is 1.44 bits per heavy atom. The van der Waals surface area contributed by atoms with Crippen molar-refractivity contribution < 1.29 is 14.3 Å². The fourth-order valence-corrected chi connectivity index (χ4v) is 2.38. The van der Waals surface area contributed by atoms with Crippen LogP contribution in [0.3, 0.4) is 0 Å². The second-order valence-electron chi connectivity index (χ2n) is 5.07. The summed E-state index contributed by atoms with van der Waals surface area (Å²) >= 11 is 0. The maximum atomic E-state index is 11.7. The predicted molar refractivity (Wildman–Crippen MR) is 69.8 cm³/mol. The van der Waals surface area contributed by atoms with E-state index in [-0.39, 0.29) is 5.41 Å². The zero-order valence-corrected chi connectivity index (χ0v) is 11.4. The zero-order chi connectivity index (χ0) is 13.4. The molecule has 0 unspecified atom stereocenters. The van der Waals surface area contributed by atoms with Gasteiger partial charge in [-0.2, -0.15) is 0 Å².